The Balaban J connectivity index is 2.46. The van der Waals surface area contributed by atoms with E-state index in [0.29, 0.717) is 12.6 Å². The summed E-state index contributed by atoms with van der Waals surface area (Å²) in [6, 6.07) is 0.487. The SMILES string of the molecule is CCCCN1CC(C)NCC(C)(O)C1. The lowest BCUT2D eigenvalue weighted by Gasteiger charge is -2.27. The van der Waals surface area contributed by atoms with E-state index in [9.17, 15) is 5.11 Å². The van der Waals surface area contributed by atoms with Gasteiger partial charge >= 0.3 is 0 Å². The van der Waals surface area contributed by atoms with Crippen molar-refractivity contribution in [1.82, 2.24) is 10.2 Å². The first kappa shape index (κ1) is 12.0. The molecule has 1 aliphatic rings. The third-order valence-corrected chi connectivity index (χ3v) is 2.76. The quantitative estimate of drug-likeness (QED) is 0.708. The van der Waals surface area contributed by atoms with Gasteiger partial charge in [0.05, 0.1) is 5.60 Å². The molecule has 0 radical (unpaired) electrons. The van der Waals surface area contributed by atoms with Crippen LogP contribution in [0.5, 0.6) is 0 Å². The van der Waals surface area contributed by atoms with Crippen molar-refractivity contribution in [2.75, 3.05) is 26.2 Å². The molecule has 2 N–H and O–H groups in total. The van der Waals surface area contributed by atoms with Crippen LogP contribution in [-0.2, 0) is 0 Å². The molecule has 0 spiro atoms. The van der Waals surface area contributed by atoms with Crippen molar-refractivity contribution in [3.05, 3.63) is 0 Å². The highest BCUT2D eigenvalue weighted by Gasteiger charge is 2.28. The van der Waals surface area contributed by atoms with Crippen LogP contribution in [0.3, 0.4) is 0 Å². The Labute approximate surface area is 87.5 Å². The molecule has 0 aromatic carbocycles. The van der Waals surface area contributed by atoms with Gasteiger partial charge in [0, 0.05) is 25.7 Å². The molecule has 0 amide bonds. The Morgan fingerprint density at radius 3 is 2.93 bits per heavy atom. The lowest BCUT2D eigenvalue weighted by atomic mass is 10.1. The number of hydrogen-bond donors (Lipinski definition) is 2. The van der Waals surface area contributed by atoms with Crippen molar-refractivity contribution in [2.24, 2.45) is 0 Å². The molecule has 2 atom stereocenters. The topological polar surface area (TPSA) is 35.5 Å². The van der Waals surface area contributed by atoms with Crippen molar-refractivity contribution < 1.29 is 5.11 Å². The summed E-state index contributed by atoms with van der Waals surface area (Å²) in [5.41, 5.74) is -0.571. The molecule has 1 fully saturated rings. The highest BCUT2D eigenvalue weighted by atomic mass is 16.3. The maximum absolute atomic E-state index is 10.0. The molecule has 0 aromatic rings. The van der Waals surface area contributed by atoms with Gasteiger partial charge in [-0.1, -0.05) is 13.3 Å². The first-order chi connectivity index (χ1) is 6.53. The Bertz CT molecular complexity index is 171. The Morgan fingerprint density at radius 2 is 2.29 bits per heavy atom. The van der Waals surface area contributed by atoms with E-state index in [1.807, 2.05) is 6.92 Å². The van der Waals surface area contributed by atoms with Crippen LogP contribution in [0.25, 0.3) is 0 Å². The Morgan fingerprint density at radius 1 is 1.57 bits per heavy atom. The van der Waals surface area contributed by atoms with E-state index in [-0.39, 0.29) is 0 Å². The molecular formula is C11H24N2O. The van der Waals surface area contributed by atoms with Crippen LogP contribution in [0.1, 0.15) is 33.6 Å². The van der Waals surface area contributed by atoms with Crippen molar-refractivity contribution in [1.29, 1.82) is 0 Å². The first-order valence-electron chi connectivity index (χ1n) is 5.71. The van der Waals surface area contributed by atoms with Gasteiger partial charge < -0.3 is 10.4 Å². The Hall–Kier alpha value is -0.120. The monoisotopic (exact) mass is 200 g/mol. The number of β-amino-alcohol motifs (C(OH)–C–C–N with tert-alkyl or cyclic N) is 1. The second-order valence-electron chi connectivity index (χ2n) is 4.87. The molecule has 1 rings (SSSR count). The molecule has 3 nitrogen and oxygen atoms in total. The van der Waals surface area contributed by atoms with Crippen molar-refractivity contribution in [3.63, 3.8) is 0 Å². The predicted molar refractivity (Wildman–Crippen MR) is 59.4 cm³/mol. The number of rotatable bonds is 3. The summed E-state index contributed by atoms with van der Waals surface area (Å²) in [5.74, 6) is 0. The summed E-state index contributed by atoms with van der Waals surface area (Å²) in [6.45, 7) is 9.96. The summed E-state index contributed by atoms with van der Waals surface area (Å²) < 4.78 is 0. The zero-order chi connectivity index (χ0) is 10.6. The summed E-state index contributed by atoms with van der Waals surface area (Å²) in [4.78, 5) is 2.37. The second kappa shape index (κ2) is 5.10. The van der Waals surface area contributed by atoms with Gasteiger partial charge in [-0.15, -0.1) is 0 Å². The van der Waals surface area contributed by atoms with E-state index in [1.54, 1.807) is 0 Å². The standard InChI is InChI=1S/C11H24N2O/c1-4-5-6-13-7-10(2)12-8-11(3,14)9-13/h10,12,14H,4-9H2,1-3H3. The van der Waals surface area contributed by atoms with Gasteiger partial charge in [-0.3, -0.25) is 4.90 Å². The molecule has 0 aliphatic carbocycles. The van der Waals surface area contributed by atoms with Crippen LogP contribution in [0.2, 0.25) is 0 Å². The van der Waals surface area contributed by atoms with E-state index in [2.05, 4.69) is 24.1 Å². The van der Waals surface area contributed by atoms with Crippen LogP contribution in [0.4, 0.5) is 0 Å². The van der Waals surface area contributed by atoms with Crippen molar-refractivity contribution in [2.45, 2.75) is 45.3 Å². The molecule has 1 heterocycles. The van der Waals surface area contributed by atoms with E-state index < -0.39 is 5.60 Å². The van der Waals surface area contributed by atoms with Gasteiger partial charge in [0.25, 0.3) is 0 Å². The summed E-state index contributed by atoms with van der Waals surface area (Å²) in [7, 11) is 0. The normalized spacial score (nSPS) is 35.6. The number of hydrogen-bond acceptors (Lipinski definition) is 3. The van der Waals surface area contributed by atoms with Crippen LogP contribution in [-0.4, -0.2) is 47.8 Å². The van der Waals surface area contributed by atoms with Gasteiger partial charge in [-0.05, 0) is 26.8 Å². The fraction of sp³-hybridized carbons (Fsp3) is 1.00. The molecule has 0 bridgehead atoms. The van der Waals surface area contributed by atoms with Gasteiger partial charge in [0.1, 0.15) is 0 Å². The molecule has 3 heteroatoms. The third-order valence-electron chi connectivity index (χ3n) is 2.76. The lowest BCUT2D eigenvalue weighted by Crippen LogP contribution is -2.43. The first-order valence-corrected chi connectivity index (χ1v) is 5.71. The van der Waals surface area contributed by atoms with Gasteiger partial charge in [-0.25, -0.2) is 0 Å². The maximum Gasteiger partial charge on any atom is 0.0869 e. The number of aliphatic hydroxyl groups is 1. The van der Waals surface area contributed by atoms with Crippen LogP contribution < -0.4 is 5.32 Å². The smallest absolute Gasteiger partial charge is 0.0869 e. The molecule has 14 heavy (non-hydrogen) atoms. The van der Waals surface area contributed by atoms with Crippen LogP contribution in [0.15, 0.2) is 0 Å². The largest absolute Gasteiger partial charge is 0.388 e. The fourth-order valence-electron chi connectivity index (χ4n) is 2.00. The van der Waals surface area contributed by atoms with Gasteiger partial charge in [0.15, 0.2) is 0 Å². The predicted octanol–water partition coefficient (Wildman–Crippen LogP) is 0.831. The summed E-state index contributed by atoms with van der Waals surface area (Å²) >= 11 is 0. The number of nitrogens with zero attached hydrogens (tertiary/aromatic N) is 1. The molecule has 1 saturated heterocycles. The highest BCUT2D eigenvalue weighted by Crippen LogP contribution is 2.11. The van der Waals surface area contributed by atoms with Crippen LogP contribution in [0, 0.1) is 0 Å². The highest BCUT2D eigenvalue weighted by molar-refractivity contribution is 4.86. The van der Waals surface area contributed by atoms with Crippen molar-refractivity contribution >= 4 is 0 Å². The number of nitrogens with one attached hydrogen (secondary N) is 1. The molecule has 84 valence electrons. The average Bonchev–Trinajstić information content (AvgIpc) is 2.22. The minimum absolute atomic E-state index is 0.487. The molecule has 0 saturated carbocycles. The zero-order valence-electron chi connectivity index (χ0n) is 9.71. The average molecular weight is 200 g/mol. The molecular weight excluding hydrogens is 176 g/mol. The Kier molecular flexibility index (Phi) is 4.35. The zero-order valence-corrected chi connectivity index (χ0v) is 9.71. The second-order valence-corrected chi connectivity index (χ2v) is 4.87. The lowest BCUT2D eigenvalue weighted by molar-refractivity contribution is 0.0339. The molecule has 1 aliphatic heterocycles. The van der Waals surface area contributed by atoms with Gasteiger partial charge in [0.2, 0.25) is 0 Å². The fourth-order valence-corrected chi connectivity index (χ4v) is 2.00. The van der Waals surface area contributed by atoms with E-state index in [4.69, 9.17) is 0 Å². The summed E-state index contributed by atoms with van der Waals surface area (Å²) in [5, 5.41) is 13.4. The minimum atomic E-state index is -0.571. The molecule has 0 aromatic heterocycles. The van der Waals surface area contributed by atoms with E-state index in [0.717, 1.165) is 19.6 Å². The number of unbranched alkanes of at least 4 members (excludes halogenated alkanes) is 1. The minimum Gasteiger partial charge on any atom is -0.388 e. The van der Waals surface area contributed by atoms with Gasteiger partial charge in [-0.2, -0.15) is 0 Å². The van der Waals surface area contributed by atoms with E-state index in [1.165, 1.54) is 12.8 Å². The molecule has 2 unspecified atom stereocenters. The van der Waals surface area contributed by atoms with Crippen molar-refractivity contribution in [3.8, 4) is 0 Å². The van der Waals surface area contributed by atoms with Crippen LogP contribution >= 0.6 is 0 Å². The maximum atomic E-state index is 10.0. The van der Waals surface area contributed by atoms with E-state index >= 15 is 0 Å². The summed E-state index contributed by atoms with van der Waals surface area (Å²) in [6.07, 6.45) is 2.45. The third kappa shape index (κ3) is 3.95.